The van der Waals surface area contributed by atoms with Crippen LogP contribution in [0.15, 0.2) is 52.0 Å². The molecule has 134 valence electrons. The molecule has 7 nitrogen and oxygen atoms in total. The minimum absolute atomic E-state index is 0.00673. The number of benzene rings is 1. The molecular formula is C17H20N2O5S. The molecule has 25 heavy (non-hydrogen) atoms. The fraction of sp³-hybridized carbons (Fsp3) is 0.294. The monoisotopic (exact) mass is 364 g/mol. The molecule has 0 spiro atoms. The molecule has 0 saturated heterocycles. The van der Waals surface area contributed by atoms with E-state index in [2.05, 4.69) is 10.0 Å². The number of carbonyl (C=O) groups excluding carboxylic acids is 2. The van der Waals surface area contributed by atoms with E-state index >= 15 is 0 Å². The van der Waals surface area contributed by atoms with E-state index in [-0.39, 0.29) is 10.7 Å². The number of furan rings is 1. The lowest BCUT2D eigenvalue weighted by molar-refractivity contribution is -0.122. The van der Waals surface area contributed by atoms with E-state index in [1.807, 2.05) is 0 Å². The number of sulfonamides is 1. The van der Waals surface area contributed by atoms with Crippen LogP contribution in [0, 0.1) is 0 Å². The Morgan fingerprint density at radius 1 is 1.16 bits per heavy atom. The third-order valence-corrected chi connectivity index (χ3v) is 5.10. The molecule has 0 aliphatic rings. The average molecular weight is 364 g/mol. The number of hydrogen-bond acceptors (Lipinski definition) is 5. The summed E-state index contributed by atoms with van der Waals surface area (Å²) in [5.74, 6) is 0.149. The van der Waals surface area contributed by atoms with Crippen molar-refractivity contribution in [1.29, 1.82) is 0 Å². The van der Waals surface area contributed by atoms with Gasteiger partial charge in [-0.25, -0.2) is 8.42 Å². The van der Waals surface area contributed by atoms with Crippen LogP contribution in [-0.2, 0) is 21.2 Å². The lowest BCUT2D eigenvalue weighted by Crippen LogP contribution is -2.45. The van der Waals surface area contributed by atoms with E-state index in [0.717, 1.165) is 5.76 Å². The van der Waals surface area contributed by atoms with Gasteiger partial charge in [-0.2, -0.15) is 4.72 Å². The SMILES string of the molecule is CC(=O)c1ccc(S(=O)(=O)NC(C)C(=O)NCCc2ccco2)cc1. The van der Waals surface area contributed by atoms with Gasteiger partial charge in [0.1, 0.15) is 5.76 Å². The second-order valence-electron chi connectivity index (χ2n) is 5.54. The van der Waals surface area contributed by atoms with Crippen LogP contribution in [0.4, 0.5) is 0 Å². The summed E-state index contributed by atoms with van der Waals surface area (Å²) in [7, 11) is -3.86. The molecule has 1 heterocycles. The number of ketones is 1. The lowest BCUT2D eigenvalue weighted by atomic mass is 10.2. The molecular weight excluding hydrogens is 344 g/mol. The van der Waals surface area contributed by atoms with Crippen LogP contribution in [-0.4, -0.2) is 32.7 Å². The number of nitrogens with one attached hydrogen (secondary N) is 2. The maximum Gasteiger partial charge on any atom is 0.241 e. The van der Waals surface area contributed by atoms with E-state index in [4.69, 9.17) is 4.42 Å². The highest BCUT2D eigenvalue weighted by Gasteiger charge is 2.22. The normalized spacial score (nSPS) is 12.6. The Morgan fingerprint density at radius 2 is 1.84 bits per heavy atom. The first-order valence-corrected chi connectivity index (χ1v) is 9.21. The van der Waals surface area contributed by atoms with Crippen LogP contribution in [0.2, 0.25) is 0 Å². The first-order valence-electron chi connectivity index (χ1n) is 7.73. The fourth-order valence-electron chi connectivity index (χ4n) is 2.14. The van der Waals surface area contributed by atoms with E-state index in [0.29, 0.717) is 18.5 Å². The zero-order chi connectivity index (χ0) is 18.4. The first kappa shape index (κ1) is 18.9. The number of carbonyl (C=O) groups is 2. The topological polar surface area (TPSA) is 105 Å². The predicted octanol–water partition coefficient (Wildman–Crippen LogP) is 1.51. The van der Waals surface area contributed by atoms with Crippen molar-refractivity contribution in [3.8, 4) is 0 Å². The van der Waals surface area contributed by atoms with Gasteiger partial charge in [0.15, 0.2) is 5.78 Å². The van der Waals surface area contributed by atoms with Crippen LogP contribution in [0.3, 0.4) is 0 Å². The van der Waals surface area contributed by atoms with Crippen molar-refractivity contribution in [3.05, 3.63) is 54.0 Å². The van der Waals surface area contributed by atoms with Crippen molar-refractivity contribution in [3.63, 3.8) is 0 Å². The summed E-state index contributed by atoms with van der Waals surface area (Å²) in [4.78, 5) is 23.2. The Morgan fingerprint density at radius 3 is 2.40 bits per heavy atom. The minimum Gasteiger partial charge on any atom is -0.469 e. The average Bonchev–Trinajstić information content (AvgIpc) is 3.07. The van der Waals surface area contributed by atoms with Gasteiger partial charge in [-0.3, -0.25) is 9.59 Å². The summed E-state index contributed by atoms with van der Waals surface area (Å²) in [6.07, 6.45) is 2.07. The van der Waals surface area contributed by atoms with Gasteiger partial charge in [0.2, 0.25) is 15.9 Å². The predicted molar refractivity (Wildman–Crippen MR) is 91.7 cm³/mol. The van der Waals surface area contributed by atoms with E-state index in [1.54, 1.807) is 18.4 Å². The molecule has 0 bridgehead atoms. The standard InChI is InChI=1S/C17H20N2O5S/c1-12(17(21)18-10-9-15-4-3-11-24-15)19-25(22,23)16-7-5-14(6-8-16)13(2)20/h3-8,11-12,19H,9-10H2,1-2H3,(H,18,21). The second kappa shape index (κ2) is 8.09. The first-order chi connectivity index (χ1) is 11.8. The van der Waals surface area contributed by atoms with Gasteiger partial charge in [-0.05, 0) is 38.1 Å². The molecule has 1 unspecified atom stereocenters. The summed E-state index contributed by atoms with van der Waals surface area (Å²) in [5, 5.41) is 2.65. The highest BCUT2D eigenvalue weighted by atomic mass is 32.2. The Kier molecular flexibility index (Phi) is 6.11. The highest BCUT2D eigenvalue weighted by Crippen LogP contribution is 2.11. The van der Waals surface area contributed by atoms with Gasteiger partial charge in [0.05, 0.1) is 17.2 Å². The van der Waals surface area contributed by atoms with Crippen LogP contribution >= 0.6 is 0 Å². The fourth-order valence-corrected chi connectivity index (χ4v) is 3.34. The molecule has 1 aromatic heterocycles. The Hall–Kier alpha value is -2.45. The summed E-state index contributed by atoms with van der Waals surface area (Å²) < 4.78 is 32.1. The molecule has 1 aromatic carbocycles. The van der Waals surface area contributed by atoms with Crippen molar-refractivity contribution in [2.45, 2.75) is 31.2 Å². The molecule has 2 aromatic rings. The number of amides is 1. The van der Waals surface area contributed by atoms with E-state index < -0.39 is 22.0 Å². The molecule has 0 aliphatic heterocycles. The van der Waals surface area contributed by atoms with Gasteiger partial charge in [-0.15, -0.1) is 0 Å². The zero-order valence-corrected chi connectivity index (χ0v) is 14.8. The van der Waals surface area contributed by atoms with Crippen LogP contribution in [0.25, 0.3) is 0 Å². The van der Waals surface area contributed by atoms with Crippen LogP contribution in [0.5, 0.6) is 0 Å². The highest BCUT2D eigenvalue weighted by molar-refractivity contribution is 7.89. The largest absolute Gasteiger partial charge is 0.469 e. The quantitative estimate of drug-likeness (QED) is 0.691. The summed E-state index contributed by atoms with van der Waals surface area (Å²) in [6, 6.07) is 8.15. The van der Waals surface area contributed by atoms with E-state index in [1.165, 1.54) is 38.1 Å². The second-order valence-corrected chi connectivity index (χ2v) is 7.26. The molecule has 8 heteroatoms. The molecule has 0 radical (unpaired) electrons. The van der Waals surface area contributed by atoms with Crippen molar-refractivity contribution in [1.82, 2.24) is 10.0 Å². The van der Waals surface area contributed by atoms with Gasteiger partial charge < -0.3 is 9.73 Å². The van der Waals surface area contributed by atoms with Gasteiger partial charge in [0.25, 0.3) is 0 Å². The van der Waals surface area contributed by atoms with Gasteiger partial charge >= 0.3 is 0 Å². The van der Waals surface area contributed by atoms with E-state index in [9.17, 15) is 18.0 Å². The van der Waals surface area contributed by atoms with Crippen LogP contribution < -0.4 is 10.0 Å². The Bertz CT molecular complexity index is 826. The summed E-state index contributed by atoms with van der Waals surface area (Å²) in [5.41, 5.74) is 0.419. The third kappa shape index (κ3) is 5.27. The molecule has 2 rings (SSSR count). The molecule has 0 aliphatic carbocycles. The summed E-state index contributed by atoms with van der Waals surface area (Å²) in [6.45, 7) is 3.20. The number of Topliss-reactive ketones (excluding diaryl/α,β-unsaturated/α-hetero) is 1. The Labute approximate surface area is 146 Å². The van der Waals surface area contributed by atoms with Crippen LogP contribution in [0.1, 0.15) is 30.0 Å². The maximum absolute atomic E-state index is 12.3. The molecule has 0 saturated carbocycles. The number of rotatable bonds is 8. The number of hydrogen-bond donors (Lipinski definition) is 2. The van der Waals surface area contributed by atoms with Crippen molar-refractivity contribution < 1.29 is 22.4 Å². The smallest absolute Gasteiger partial charge is 0.241 e. The molecule has 1 atom stereocenters. The van der Waals surface area contributed by atoms with Gasteiger partial charge in [0, 0.05) is 18.5 Å². The third-order valence-electron chi connectivity index (χ3n) is 3.55. The molecule has 0 fully saturated rings. The Balaban J connectivity index is 1.91. The lowest BCUT2D eigenvalue weighted by Gasteiger charge is -2.14. The van der Waals surface area contributed by atoms with Gasteiger partial charge in [-0.1, -0.05) is 12.1 Å². The minimum atomic E-state index is -3.86. The molecule has 1 amide bonds. The molecule has 2 N–H and O–H groups in total. The maximum atomic E-state index is 12.3. The summed E-state index contributed by atoms with van der Waals surface area (Å²) >= 11 is 0. The zero-order valence-electron chi connectivity index (χ0n) is 14.0. The van der Waals surface area contributed by atoms with Crippen molar-refractivity contribution in [2.24, 2.45) is 0 Å². The van der Waals surface area contributed by atoms with Crippen molar-refractivity contribution in [2.75, 3.05) is 6.54 Å². The van der Waals surface area contributed by atoms with Crippen molar-refractivity contribution >= 4 is 21.7 Å².